The standard InChI is InChI=1S/C24H25N9O/c1-31-14-26-30-23(31)15-7-8-19(21(10-15)34-3)28-24-25-11-16-9-20(17-12-27-32(2)13-17)33(22(16)29-24)18-5-4-6-18/h7-14,18H,4-6H2,1-3H3,(H,25,28,29). The minimum Gasteiger partial charge on any atom is -0.495 e. The molecule has 0 radical (unpaired) electrons. The molecule has 4 heterocycles. The molecule has 5 aromatic rings. The molecule has 1 aromatic carbocycles. The smallest absolute Gasteiger partial charge is 0.229 e. The molecule has 1 saturated carbocycles. The maximum absolute atomic E-state index is 5.65. The molecule has 4 aromatic heterocycles. The molecular weight excluding hydrogens is 430 g/mol. The van der Waals surface area contributed by atoms with Crippen LogP contribution in [0.2, 0.25) is 0 Å². The lowest BCUT2D eigenvalue weighted by molar-refractivity contribution is 0.323. The Balaban J connectivity index is 1.38. The lowest BCUT2D eigenvalue weighted by atomic mass is 9.92. The van der Waals surface area contributed by atoms with Crippen LogP contribution in [0.15, 0.2) is 49.2 Å². The van der Waals surface area contributed by atoms with Crippen molar-refractivity contribution in [1.29, 1.82) is 0 Å². The van der Waals surface area contributed by atoms with E-state index in [-0.39, 0.29) is 0 Å². The number of fused-ring (bicyclic) bond motifs is 1. The van der Waals surface area contributed by atoms with E-state index in [0.717, 1.165) is 52.2 Å². The Morgan fingerprint density at radius 3 is 2.65 bits per heavy atom. The van der Waals surface area contributed by atoms with Crippen molar-refractivity contribution >= 4 is 22.7 Å². The minimum absolute atomic E-state index is 0.440. The largest absolute Gasteiger partial charge is 0.495 e. The first-order chi connectivity index (χ1) is 16.6. The maximum atomic E-state index is 5.65. The molecule has 0 bridgehead atoms. The van der Waals surface area contributed by atoms with Crippen molar-refractivity contribution in [2.45, 2.75) is 25.3 Å². The van der Waals surface area contributed by atoms with E-state index in [4.69, 9.17) is 9.72 Å². The Kier molecular flexibility index (Phi) is 4.79. The summed E-state index contributed by atoms with van der Waals surface area (Å²) in [4.78, 5) is 9.50. The van der Waals surface area contributed by atoms with E-state index in [1.165, 1.54) is 6.42 Å². The van der Waals surface area contributed by atoms with Crippen molar-refractivity contribution in [1.82, 2.24) is 39.1 Å². The lowest BCUT2D eigenvalue weighted by Crippen LogP contribution is -2.18. The molecule has 0 atom stereocenters. The zero-order valence-corrected chi connectivity index (χ0v) is 19.3. The fourth-order valence-electron chi connectivity index (χ4n) is 4.46. The summed E-state index contributed by atoms with van der Waals surface area (Å²) in [5.74, 6) is 1.96. The molecule has 1 aliphatic carbocycles. The van der Waals surface area contributed by atoms with Gasteiger partial charge >= 0.3 is 0 Å². The van der Waals surface area contributed by atoms with Gasteiger partial charge in [0, 0.05) is 49.0 Å². The fourth-order valence-corrected chi connectivity index (χ4v) is 4.46. The Hall–Kier alpha value is -4.21. The monoisotopic (exact) mass is 455 g/mol. The van der Waals surface area contributed by atoms with Gasteiger partial charge in [-0.3, -0.25) is 4.68 Å². The number of nitrogens with one attached hydrogen (secondary N) is 1. The maximum Gasteiger partial charge on any atom is 0.229 e. The van der Waals surface area contributed by atoms with Gasteiger partial charge in [-0.15, -0.1) is 10.2 Å². The van der Waals surface area contributed by atoms with Crippen molar-refractivity contribution < 1.29 is 4.74 Å². The van der Waals surface area contributed by atoms with Gasteiger partial charge in [0.2, 0.25) is 5.95 Å². The number of rotatable bonds is 6. The average Bonchev–Trinajstić information content (AvgIpc) is 3.52. The number of methoxy groups -OCH3 is 1. The van der Waals surface area contributed by atoms with Crippen molar-refractivity contribution in [2.75, 3.05) is 12.4 Å². The van der Waals surface area contributed by atoms with E-state index in [2.05, 4.69) is 36.2 Å². The molecule has 0 aliphatic heterocycles. The van der Waals surface area contributed by atoms with Crippen LogP contribution in [-0.2, 0) is 14.1 Å². The van der Waals surface area contributed by atoms with Crippen LogP contribution in [0, 0.1) is 0 Å². The predicted octanol–water partition coefficient (Wildman–Crippen LogP) is 4.10. The topological polar surface area (TPSA) is 101 Å². The quantitative estimate of drug-likeness (QED) is 0.411. The second-order valence-corrected chi connectivity index (χ2v) is 8.67. The van der Waals surface area contributed by atoms with Gasteiger partial charge in [-0.1, -0.05) is 0 Å². The van der Waals surface area contributed by atoms with Crippen LogP contribution in [0.3, 0.4) is 0 Å². The van der Waals surface area contributed by atoms with Gasteiger partial charge in [0.1, 0.15) is 17.7 Å². The number of ether oxygens (including phenoxy) is 1. The van der Waals surface area contributed by atoms with Crippen LogP contribution >= 0.6 is 0 Å². The predicted molar refractivity (Wildman–Crippen MR) is 129 cm³/mol. The number of aromatic nitrogens is 8. The van der Waals surface area contributed by atoms with E-state index >= 15 is 0 Å². The van der Waals surface area contributed by atoms with E-state index in [1.54, 1.807) is 13.4 Å². The van der Waals surface area contributed by atoms with E-state index in [9.17, 15) is 0 Å². The molecule has 10 nitrogen and oxygen atoms in total. The van der Waals surface area contributed by atoms with Gasteiger partial charge in [-0.25, -0.2) is 4.98 Å². The van der Waals surface area contributed by atoms with E-state index < -0.39 is 0 Å². The van der Waals surface area contributed by atoms with E-state index in [1.807, 2.05) is 60.1 Å². The Morgan fingerprint density at radius 1 is 1.09 bits per heavy atom. The molecular formula is C24H25N9O. The Morgan fingerprint density at radius 2 is 1.97 bits per heavy atom. The summed E-state index contributed by atoms with van der Waals surface area (Å²) in [6.45, 7) is 0. The third-order valence-corrected chi connectivity index (χ3v) is 6.43. The molecule has 1 fully saturated rings. The average molecular weight is 456 g/mol. The van der Waals surface area contributed by atoms with Gasteiger partial charge in [0.25, 0.3) is 0 Å². The third kappa shape index (κ3) is 3.38. The molecule has 6 rings (SSSR count). The molecule has 0 amide bonds. The molecule has 1 aliphatic rings. The molecule has 0 saturated heterocycles. The van der Waals surface area contributed by atoms with Gasteiger partial charge in [0.05, 0.1) is 24.7 Å². The van der Waals surface area contributed by atoms with Gasteiger partial charge < -0.3 is 19.2 Å². The fraction of sp³-hybridized carbons (Fsp3) is 0.292. The molecule has 172 valence electrons. The van der Waals surface area contributed by atoms with Crippen LogP contribution in [0.1, 0.15) is 25.3 Å². The molecule has 1 N–H and O–H groups in total. The number of aryl methyl sites for hydroxylation is 2. The summed E-state index contributed by atoms with van der Waals surface area (Å²) >= 11 is 0. The van der Waals surface area contributed by atoms with Crippen LogP contribution in [0.4, 0.5) is 11.6 Å². The summed E-state index contributed by atoms with van der Waals surface area (Å²) in [5.41, 5.74) is 4.84. The first kappa shape index (κ1) is 20.4. The minimum atomic E-state index is 0.440. The Labute approximate surface area is 196 Å². The second-order valence-electron chi connectivity index (χ2n) is 8.67. The first-order valence-electron chi connectivity index (χ1n) is 11.3. The van der Waals surface area contributed by atoms with Gasteiger partial charge in [0.15, 0.2) is 5.82 Å². The molecule has 0 unspecified atom stereocenters. The van der Waals surface area contributed by atoms with Gasteiger partial charge in [-0.2, -0.15) is 10.1 Å². The van der Waals surface area contributed by atoms with Crippen LogP contribution in [-0.4, -0.2) is 46.2 Å². The summed E-state index contributed by atoms with van der Waals surface area (Å²) in [5, 5.41) is 16.9. The van der Waals surface area contributed by atoms with Crippen LogP contribution in [0.25, 0.3) is 33.7 Å². The highest BCUT2D eigenvalue weighted by Crippen LogP contribution is 2.40. The molecule has 34 heavy (non-hydrogen) atoms. The normalized spacial score (nSPS) is 13.9. The summed E-state index contributed by atoms with van der Waals surface area (Å²) in [6.07, 6.45) is 11.0. The lowest BCUT2D eigenvalue weighted by Gasteiger charge is -2.29. The van der Waals surface area contributed by atoms with Crippen LogP contribution < -0.4 is 10.1 Å². The zero-order chi connectivity index (χ0) is 23.2. The van der Waals surface area contributed by atoms with E-state index in [0.29, 0.717) is 17.7 Å². The van der Waals surface area contributed by atoms with Crippen LogP contribution in [0.5, 0.6) is 5.75 Å². The van der Waals surface area contributed by atoms with Gasteiger partial charge in [-0.05, 0) is 43.5 Å². The van der Waals surface area contributed by atoms with Crippen molar-refractivity contribution in [3.63, 3.8) is 0 Å². The summed E-state index contributed by atoms with van der Waals surface area (Å²) in [6, 6.07) is 8.45. The SMILES string of the molecule is COc1cc(-c2nncn2C)ccc1Nc1ncc2cc(-c3cnn(C)c3)n(C3CCC3)c2n1. The highest BCUT2D eigenvalue weighted by Gasteiger charge is 2.26. The number of hydrogen-bond acceptors (Lipinski definition) is 7. The summed E-state index contributed by atoms with van der Waals surface area (Å²) < 4.78 is 11.7. The number of benzene rings is 1. The second kappa shape index (κ2) is 7.98. The number of anilines is 2. The van der Waals surface area contributed by atoms with Crippen molar-refractivity contribution in [3.05, 3.63) is 49.2 Å². The summed E-state index contributed by atoms with van der Waals surface area (Å²) in [7, 11) is 5.49. The number of hydrogen-bond donors (Lipinski definition) is 1. The third-order valence-electron chi connectivity index (χ3n) is 6.43. The molecule has 0 spiro atoms. The highest BCUT2D eigenvalue weighted by molar-refractivity contribution is 5.85. The first-order valence-corrected chi connectivity index (χ1v) is 11.3. The van der Waals surface area contributed by atoms with Crippen molar-refractivity contribution in [3.8, 4) is 28.4 Å². The van der Waals surface area contributed by atoms with Crippen molar-refractivity contribution in [2.24, 2.45) is 14.1 Å². The highest BCUT2D eigenvalue weighted by atomic mass is 16.5. The Bertz CT molecular complexity index is 1490. The molecule has 10 heteroatoms. The number of nitrogens with zero attached hydrogens (tertiary/aromatic N) is 8. The zero-order valence-electron chi connectivity index (χ0n) is 19.3.